The minimum atomic E-state index is -2.82. The van der Waals surface area contributed by atoms with Crippen LogP contribution in [-0.2, 0) is 26.2 Å². The summed E-state index contributed by atoms with van der Waals surface area (Å²) in [5.74, 6) is -6.52. The van der Waals surface area contributed by atoms with E-state index in [1.54, 1.807) is 12.1 Å². The average molecular weight is 469 g/mol. The van der Waals surface area contributed by atoms with Crippen molar-refractivity contribution in [2.45, 2.75) is 76.7 Å². The quantitative estimate of drug-likeness (QED) is 0.398. The van der Waals surface area contributed by atoms with Crippen LogP contribution in [-0.4, -0.2) is 34.7 Å². The Morgan fingerprint density at radius 1 is 1.24 bits per heavy atom. The fraction of sp³-hybridized carbons (Fsp3) is 0.542. The van der Waals surface area contributed by atoms with E-state index in [1.807, 2.05) is 20.8 Å². The second kappa shape index (κ2) is 10.4. The van der Waals surface area contributed by atoms with E-state index in [1.165, 1.54) is 6.07 Å². The van der Waals surface area contributed by atoms with Crippen molar-refractivity contribution >= 4 is 17.6 Å². The number of carbonyl (C=O) groups is 3. The maximum absolute atomic E-state index is 14.6. The van der Waals surface area contributed by atoms with Gasteiger partial charge in [-0.2, -0.15) is 0 Å². The highest BCUT2D eigenvalue weighted by molar-refractivity contribution is 5.92. The highest BCUT2D eigenvalue weighted by Gasteiger charge is 2.40. The fourth-order valence-electron chi connectivity index (χ4n) is 4.05. The number of halogens is 3. The minimum absolute atomic E-state index is 0.0319. The number of amides is 2. The molecule has 0 saturated heterocycles. The molecule has 1 saturated carbocycles. The van der Waals surface area contributed by atoms with Gasteiger partial charge >= 0.3 is 0 Å². The molecule has 182 valence electrons. The number of primary amides is 1. The molecule has 0 heterocycles. The number of aliphatic hydroxyl groups excluding tert-OH is 1. The standard InChI is InChI=1S/C24H31F3N2O4/c1-23(2,3)17-5-4-14(10-18(17)25)11-19(31)22(15-6-8-24(26,27)9-7-15)29-21(33)13-16(30)12-20(28)32/h4-5,10,12,15,22,30H,6-9,11,13H2,1-3H3,(H2,28,32)(H,29,33)/b16-12-/t22-/m1/s1. The third-order valence-electron chi connectivity index (χ3n) is 5.77. The van der Waals surface area contributed by atoms with Crippen molar-refractivity contribution in [1.29, 1.82) is 0 Å². The van der Waals surface area contributed by atoms with Crippen LogP contribution in [0.1, 0.15) is 64.0 Å². The number of hydrogen-bond acceptors (Lipinski definition) is 4. The predicted octanol–water partition coefficient (Wildman–Crippen LogP) is 3.86. The lowest BCUT2D eigenvalue weighted by Crippen LogP contribution is -2.48. The van der Waals surface area contributed by atoms with E-state index in [0.717, 1.165) is 0 Å². The first-order valence-corrected chi connectivity index (χ1v) is 10.9. The number of benzene rings is 1. The van der Waals surface area contributed by atoms with Gasteiger partial charge in [0.1, 0.15) is 11.6 Å². The monoisotopic (exact) mass is 468 g/mol. The second-order valence-corrected chi connectivity index (χ2v) is 9.66. The van der Waals surface area contributed by atoms with E-state index in [0.29, 0.717) is 17.2 Å². The van der Waals surface area contributed by atoms with Crippen LogP contribution in [0.25, 0.3) is 0 Å². The number of aliphatic hydroxyl groups is 1. The van der Waals surface area contributed by atoms with Gasteiger partial charge < -0.3 is 16.2 Å². The summed E-state index contributed by atoms with van der Waals surface area (Å²) in [4.78, 5) is 36.3. The fourth-order valence-corrected chi connectivity index (χ4v) is 4.05. The Labute approximate surface area is 191 Å². The summed E-state index contributed by atoms with van der Waals surface area (Å²) in [6.45, 7) is 5.59. The lowest BCUT2D eigenvalue weighted by atomic mass is 9.79. The highest BCUT2D eigenvalue weighted by Crippen LogP contribution is 2.38. The van der Waals surface area contributed by atoms with E-state index in [2.05, 4.69) is 5.32 Å². The summed E-state index contributed by atoms with van der Waals surface area (Å²) in [6.07, 6.45) is -0.851. The van der Waals surface area contributed by atoms with Crippen molar-refractivity contribution in [3.05, 3.63) is 47.0 Å². The summed E-state index contributed by atoms with van der Waals surface area (Å²) in [6, 6.07) is 3.43. The van der Waals surface area contributed by atoms with Gasteiger partial charge in [0.2, 0.25) is 17.7 Å². The maximum atomic E-state index is 14.6. The van der Waals surface area contributed by atoms with Crippen molar-refractivity contribution < 1.29 is 32.7 Å². The lowest BCUT2D eigenvalue weighted by molar-refractivity contribution is -0.130. The molecule has 33 heavy (non-hydrogen) atoms. The molecule has 1 atom stereocenters. The molecule has 0 spiro atoms. The summed E-state index contributed by atoms with van der Waals surface area (Å²) >= 11 is 0. The predicted molar refractivity (Wildman–Crippen MR) is 117 cm³/mol. The number of carbonyl (C=O) groups excluding carboxylic acids is 3. The van der Waals surface area contributed by atoms with Gasteiger partial charge in [0, 0.05) is 25.3 Å². The molecule has 1 aliphatic carbocycles. The molecule has 0 aromatic heterocycles. The summed E-state index contributed by atoms with van der Waals surface area (Å²) in [5, 5.41) is 12.2. The zero-order valence-corrected chi connectivity index (χ0v) is 19.1. The smallest absolute Gasteiger partial charge is 0.248 e. The first kappa shape index (κ1) is 26.4. The number of nitrogens with two attached hydrogens (primary N) is 1. The van der Waals surface area contributed by atoms with Crippen LogP contribution in [0.15, 0.2) is 30.0 Å². The van der Waals surface area contributed by atoms with Gasteiger partial charge in [0.05, 0.1) is 12.5 Å². The normalized spacial score (nSPS) is 17.9. The molecule has 1 aromatic carbocycles. The Balaban J connectivity index is 2.20. The van der Waals surface area contributed by atoms with Crippen LogP contribution in [0.3, 0.4) is 0 Å². The van der Waals surface area contributed by atoms with Gasteiger partial charge in [0.15, 0.2) is 5.78 Å². The first-order chi connectivity index (χ1) is 15.2. The largest absolute Gasteiger partial charge is 0.512 e. The van der Waals surface area contributed by atoms with E-state index < -0.39 is 71.7 Å². The topological polar surface area (TPSA) is 109 Å². The number of Topliss-reactive ketones (excluding diaryl/α,β-unsaturated/α-hetero) is 1. The van der Waals surface area contributed by atoms with Crippen LogP contribution in [0.2, 0.25) is 0 Å². The maximum Gasteiger partial charge on any atom is 0.248 e. The number of ketones is 1. The molecule has 0 bridgehead atoms. The van der Waals surface area contributed by atoms with Crippen molar-refractivity contribution in [2.24, 2.45) is 11.7 Å². The molecule has 4 N–H and O–H groups in total. The minimum Gasteiger partial charge on any atom is -0.512 e. The molecule has 0 aliphatic heterocycles. The van der Waals surface area contributed by atoms with E-state index in [9.17, 15) is 32.7 Å². The van der Waals surface area contributed by atoms with Crippen LogP contribution < -0.4 is 11.1 Å². The SMILES string of the molecule is CC(C)(C)c1ccc(CC(=O)[C@H](NC(=O)C/C(O)=C/C(N)=O)C2CCC(F)(F)CC2)cc1F. The third kappa shape index (κ3) is 7.91. The molecule has 2 rings (SSSR count). The Bertz CT molecular complexity index is 928. The van der Waals surface area contributed by atoms with Crippen molar-refractivity contribution in [3.63, 3.8) is 0 Å². The Hall–Kier alpha value is -2.84. The van der Waals surface area contributed by atoms with Gasteiger partial charge in [-0.25, -0.2) is 13.2 Å². The number of alkyl halides is 2. The second-order valence-electron chi connectivity index (χ2n) is 9.66. The van der Waals surface area contributed by atoms with Crippen LogP contribution >= 0.6 is 0 Å². The zero-order chi connectivity index (χ0) is 25.0. The molecule has 6 nitrogen and oxygen atoms in total. The van der Waals surface area contributed by atoms with Crippen LogP contribution in [0.5, 0.6) is 0 Å². The van der Waals surface area contributed by atoms with Crippen LogP contribution in [0.4, 0.5) is 13.2 Å². The van der Waals surface area contributed by atoms with Gasteiger partial charge in [0.25, 0.3) is 0 Å². The molecular weight excluding hydrogens is 437 g/mol. The molecule has 1 aromatic rings. The van der Waals surface area contributed by atoms with E-state index in [4.69, 9.17) is 5.73 Å². The van der Waals surface area contributed by atoms with Crippen LogP contribution in [0, 0.1) is 11.7 Å². The van der Waals surface area contributed by atoms with E-state index >= 15 is 0 Å². The zero-order valence-electron chi connectivity index (χ0n) is 19.1. The van der Waals surface area contributed by atoms with Crippen molar-refractivity contribution in [2.75, 3.05) is 0 Å². The number of rotatable bonds is 8. The molecule has 0 unspecified atom stereocenters. The number of hydrogen-bond donors (Lipinski definition) is 3. The lowest BCUT2D eigenvalue weighted by Gasteiger charge is -2.33. The Morgan fingerprint density at radius 2 is 1.85 bits per heavy atom. The average Bonchev–Trinajstić information content (AvgIpc) is 2.64. The summed E-state index contributed by atoms with van der Waals surface area (Å²) < 4.78 is 41.8. The van der Waals surface area contributed by atoms with Gasteiger partial charge in [-0.3, -0.25) is 14.4 Å². The molecule has 1 aliphatic rings. The summed E-state index contributed by atoms with van der Waals surface area (Å²) in [7, 11) is 0. The highest BCUT2D eigenvalue weighted by atomic mass is 19.3. The number of nitrogens with one attached hydrogen (secondary N) is 1. The van der Waals surface area contributed by atoms with Gasteiger partial charge in [-0.05, 0) is 41.4 Å². The Morgan fingerprint density at radius 3 is 2.36 bits per heavy atom. The molecule has 0 radical (unpaired) electrons. The van der Waals surface area contributed by atoms with Crippen molar-refractivity contribution in [3.8, 4) is 0 Å². The third-order valence-corrected chi connectivity index (χ3v) is 5.77. The molecular formula is C24H31F3N2O4. The molecule has 9 heteroatoms. The summed E-state index contributed by atoms with van der Waals surface area (Å²) in [5.41, 5.74) is 5.41. The van der Waals surface area contributed by atoms with Crippen molar-refractivity contribution in [1.82, 2.24) is 5.32 Å². The van der Waals surface area contributed by atoms with E-state index in [-0.39, 0.29) is 19.3 Å². The Kier molecular flexibility index (Phi) is 8.32. The molecule has 1 fully saturated rings. The van der Waals surface area contributed by atoms with Gasteiger partial charge in [-0.1, -0.05) is 32.9 Å². The molecule has 2 amide bonds. The first-order valence-electron chi connectivity index (χ1n) is 10.9. The van der Waals surface area contributed by atoms with Gasteiger partial charge in [-0.15, -0.1) is 0 Å².